The molecule has 3 aromatic carbocycles. The maximum Gasteiger partial charge on any atom is 0.241 e. The van der Waals surface area contributed by atoms with Crippen LogP contribution in [0, 0.1) is 5.92 Å². The molecule has 4 aromatic rings. The molecule has 0 spiro atoms. The molecule has 1 saturated heterocycles. The molecule has 2 heterocycles. The highest BCUT2D eigenvalue weighted by Crippen LogP contribution is 2.41. The van der Waals surface area contributed by atoms with Crippen LogP contribution in [0.2, 0.25) is 0 Å². The zero-order chi connectivity index (χ0) is 25.2. The van der Waals surface area contributed by atoms with Crippen LogP contribution in [0.15, 0.2) is 95.9 Å². The third-order valence-corrected chi connectivity index (χ3v) is 8.91. The SMILES string of the molecule is O=S(=O)(NC1NNC2CCC(c3nnn(Cc4ccccc4)c3-c3ccccc3)CC21)c1ccccc1. The van der Waals surface area contributed by atoms with E-state index in [0.29, 0.717) is 6.54 Å². The topological polar surface area (TPSA) is 101 Å². The molecule has 37 heavy (non-hydrogen) atoms. The normalized spacial score (nSPS) is 23.6. The summed E-state index contributed by atoms with van der Waals surface area (Å²) in [6, 6.07) is 29.3. The molecular weight excluding hydrogens is 484 g/mol. The van der Waals surface area contributed by atoms with Gasteiger partial charge in [-0.05, 0) is 37.0 Å². The number of benzene rings is 3. The number of hydrogen-bond donors (Lipinski definition) is 3. The molecule has 1 aliphatic carbocycles. The molecule has 0 bridgehead atoms. The van der Waals surface area contributed by atoms with Crippen molar-refractivity contribution in [2.45, 2.75) is 48.8 Å². The van der Waals surface area contributed by atoms with Gasteiger partial charge in [-0.1, -0.05) is 84.1 Å². The Labute approximate surface area is 217 Å². The van der Waals surface area contributed by atoms with Crippen molar-refractivity contribution in [2.75, 3.05) is 0 Å². The predicted molar refractivity (Wildman–Crippen MR) is 142 cm³/mol. The Morgan fingerprint density at radius 3 is 2.27 bits per heavy atom. The molecule has 2 aliphatic rings. The Morgan fingerprint density at radius 1 is 0.865 bits per heavy atom. The van der Waals surface area contributed by atoms with Gasteiger partial charge in [0, 0.05) is 23.4 Å². The van der Waals surface area contributed by atoms with Crippen LogP contribution in [0.3, 0.4) is 0 Å². The average Bonchev–Trinajstić information content (AvgIpc) is 3.54. The fourth-order valence-corrected chi connectivity index (χ4v) is 6.84. The van der Waals surface area contributed by atoms with Crippen molar-refractivity contribution in [3.63, 3.8) is 0 Å². The second-order valence-corrected chi connectivity index (χ2v) is 11.5. The lowest BCUT2D eigenvalue weighted by molar-refractivity contribution is 0.269. The third-order valence-electron chi connectivity index (χ3n) is 7.46. The quantitative estimate of drug-likeness (QED) is 0.348. The summed E-state index contributed by atoms with van der Waals surface area (Å²) in [4.78, 5) is 0.267. The number of nitrogens with one attached hydrogen (secondary N) is 3. The monoisotopic (exact) mass is 514 g/mol. The standard InChI is InChI=1S/C28H30N6O2S/c35-37(36,23-14-8-3-9-15-23)32-28-24-18-22(16-17-25(24)29-31-28)26-27(21-12-6-2-7-13-21)34(33-30-26)19-20-10-4-1-5-11-20/h1-15,22,24-25,28-29,31-32H,16-19H2. The first kappa shape index (κ1) is 24.0. The van der Waals surface area contributed by atoms with Gasteiger partial charge in [0.15, 0.2) is 0 Å². The second kappa shape index (κ2) is 10.2. The van der Waals surface area contributed by atoms with E-state index in [0.717, 1.165) is 36.2 Å². The predicted octanol–water partition coefficient (Wildman–Crippen LogP) is 3.66. The fourth-order valence-electron chi connectivity index (χ4n) is 5.62. The summed E-state index contributed by atoms with van der Waals surface area (Å²) in [6.45, 7) is 0.638. The van der Waals surface area contributed by atoms with Crippen molar-refractivity contribution in [1.29, 1.82) is 0 Å². The van der Waals surface area contributed by atoms with E-state index >= 15 is 0 Å². The van der Waals surface area contributed by atoms with Crippen LogP contribution in [-0.4, -0.2) is 35.6 Å². The highest BCUT2D eigenvalue weighted by Gasteiger charge is 2.43. The van der Waals surface area contributed by atoms with Crippen LogP contribution in [0.4, 0.5) is 0 Å². The number of sulfonamides is 1. The highest BCUT2D eigenvalue weighted by molar-refractivity contribution is 7.89. The lowest BCUT2D eigenvalue weighted by atomic mass is 9.76. The van der Waals surface area contributed by atoms with E-state index in [4.69, 9.17) is 5.10 Å². The van der Waals surface area contributed by atoms with Crippen LogP contribution >= 0.6 is 0 Å². The molecule has 6 rings (SSSR count). The molecule has 4 atom stereocenters. The maximum atomic E-state index is 13.0. The van der Waals surface area contributed by atoms with Crippen molar-refractivity contribution in [2.24, 2.45) is 5.92 Å². The first-order valence-corrected chi connectivity index (χ1v) is 14.2. The van der Waals surface area contributed by atoms with Crippen molar-refractivity contribution in [3.8, 4) is 11.3 Å². The lowest BCUT2D eigenvalue weighted by Crippen LogP contribution is -2.47. The summed E-state index contributed by atoms with van der Waals surface area (Å²) in [5.74, 6) is 0.256. The molecule has 3 N–H and O–H groups in total. The number of nitrogens with zero attached hydrogens (tertiary/aromatic N) is 3. The Kier molecular flexibility index (Phi) is 6.60. The molecule has 0 radical (unpaired) electrons. The first-order chi connectivity index (χ1) is 18.1. The highest BCUT2D eigenvalue weighted by atomic mass is 32.2. The summed E-state index contributed by atoms with van der Waals surface area (Å²) < 4.78 is 30.9. The molecule has 0 amide bonds. The summed E-state index contributed by atoms with van der Waals surface area (Å²) in [6.07, 6.45) is 2.28. The van der Waals surface area contributed by atoms with E-state index in [1.807, 2.05) is 47.1 Å². The summed E-state index contributed by atoms with van der Waals surface area (Å²) >= 11 is 0. The molecule has 8 nitrogen and oxygen atoms in total. The number of hydrazine groups is 1. The van der Waals surface area contributed by atoms with Crippen LogP contribution in [0.1, 0.15) is 36.4 Å². The molecule has 4 unspecified atom stereocenters. The van der Waals surface area contributed by atoms with Gasteiger partial charge in [0.05, 0.1) is 29.0 Å². The molecule has 190 valence electrons. The Morgan fingerprint density at radius 2 is 1.54 bits per heavy atom. The van der Waals surface area contributed by atoms with E-state index in [9.17, 15) is 8.42 Å². The van der Waals surface area contributed by atoms with Gasteiger partial charge in [-0.2, -0.15) is 4.72 Å². The Balaban J connectivity index is 1.28. The van der Waals surface area contributed by atoms with Crippen LogP contribution in [-0.2, 0) is 16.6 Å². The smallest absolute Gasteiger partial charge is 0.241 e. The Hall–Kier alpha value is -3.37. The molecule has 2 fully saturated rings. The van der Waals surface area contributed by atoms with E-state index < -0.39 is 16.2 Å². The van der Waals surface area contributed by atoms with Gasteiger partial charge in [0.2, 0.25) is 10.0 Å². The van der Waals surface area contributed by atoms with Gasteiger partial charge in [-0.25, -0.2) is 18.5 Å². The molecule has 1 aliphatic heterocycles. The van der Waals surface area contributed by atoms with E-state index in [-0.39, 0.29) is 22.8 Å². The molecular formula is C28H30N6O2S. The number of aromatic nitrogens is 3. The average molecular weight is 515 g/mol. The fraction of sp³-hybridized carbons (Fsp3) is 0.286. The van der Waals surface area contributed by atoms with E-state index in [2.05, 4.69) is 45.1 Å². The second-order valence-electron chi connectivity index (χ2n) is 9.81. The van der Waals surface area contributed by atoms with Gasteiger partial charge in [0.25, 0.3) is 0 Å². The molecule has 1 aromatic heterocycles. The van der Waals surface area contributed by atoms with E-state index in [1.54, 1.807) is 24.3 Å². The summed E-state index contributed by atoms with van der Waals surface area (Å²) in [5.41, 5.74) is 10.8. The largest absolute Gasteiger partial charge is 0.253 e. The summed E-state index contributed by atoms with van der Waals surface area (Å²) in [7, 11) is -3.64. The minimum atomic E-state index is -3.64. The number of rotatable bonds is 7. The van der Waals surface area contributed by atoms with Gasteiger partial charge in [-0.15, -0.1) is 5.10 Å². The maximum absolute atomic E-state index is 13.0. The molecule has 1 saturated carbocycles. The van der Waals surface area contributed by atoms with Crippen LogP contribution in [0.25, 0.3) is 11.3 Å². The van der Waals surface area contributed by atoms with Crippen molar-refractivity contribution in [1.82, 2.24) is 30.6 Å². The van der Waals surface area contributed by atoms with Gasteiger partial charge in [-0.3, -0.25) is 5.43 Å². The van der Waals surface area contributed by atoms with Crippen LogP contribution in [0.5, 0.6) is 0 Å². The molecule has 9 heteroatoms. The third kappa shape index (κ3) is 4.95. The van der Waals surface area contributed by atoms with Crippen molar-refractivity contribution >= 4 is 10.0 Å². The van der Waals surface area contributed by atoms with Gasteiger partial charge in [0.1, 0.15) is 0 Å². The number of fused-ring (bicyclic) bond motifs is 1. The van der Waals surface area contributed by atoms with Crippen molar-refractivity contribution in [3.05, 3.63) is 102 Å². The summed E-state index contributed by atoms with van der Waals surface area (Å²) in [5, 5.41) is 9.30. The number of hydrogen-bond acceptors (Lipinski definition) is 6. The zero-order valence-electron chi connectivity index (χ0n) is 20.4. The van der Waals surface area contributed by atoms with Crippen LogP contribution < -0.4 is 15.6 Å². The zero-order valence-corrected chi connectivity index (χ0v) is 21.2. The minimum absolute atomic E-state index is 0.0835. The Bertz CT molecular complexity index is 1440. The minimum Gasteiger partial charge on any atom is -0.253 e. The first-order valence-electron chi connectivity index (χ1n) is 12.7. The lowest BCUT2D eigenvalue weighted by Gasteiger charge is -2.32. The van der Waals surface area contributed by atoms with Gasteiger partial charge < -0.3 is 0 Å². The van der Waals surface area contributed by atoms with Gasteiger partial charge >= 0.3 is 0 Å². The van der Waals surface area contributed by atoms with Crippen molar-refractivity contribution < 1.29 is 8.42 Å². The van der Waals surface area contributed by atoms with E-state index in [1.165, 1.54) is 5.56 Å².